The van der Waals surface area contributed by atoms with E-state index < -0.39 is 0 Å². The summed E-state index contributed by atoms with van der Waals surface area (Å²) in [4.78, 5) is 0. The molecule has 0 rings (SSSR count). The maximum absolute atomic E-state index is 5.49. The van der Waals surface area contributed by atoms with Gasteiger partial charge in [-0.25, -0.2) is 0 Å². The van der Waals surface area contributed by atoms with Gasteiger partial charge in [-0.05, 0) is 25.8 Å². The van der Waals surface area contributed by atoms with Gasteiger partial charge in [0.15, 0.2) is 0 Å². The maximum atomic E-state index is 5.49. The molecular weight excluding hydrogens is 217 g/mol. The smallest absolute Gasteiger partial charge is 0.102 e. The summed E-state index contributed by atoms with van der Waals surface area (Å²) in [5, 5.41) is 0. The van der Waals surface area contributed by atoms with E-state index in [4.69, 9.17) is 28.9 Å². The normalized spacial score (nSPS) is 10.2. The lowest BCUT2D eigenvalue weighted by Crippen LogP contribution is -1.97. The number of hydrogen-bond acceptors (Lipinski definition) is 1. The minimum Gasteiger partial charge on any atom is -0.330 e. The number of unbranched alkanes of at least 4 members (excludes halogenated alkanes) is 7. The van der Waals surface area contributed by atoms with Gasteiger partial charge >= 0.3 is 0 Å². The molecule has 0 spiro atoms. The second kappa shape index (κ2) is 11.4. The van der Waals surface area contributed by atoms with E-state index >= 15 is 0 Å². The highest BCUT2D eigenvalue weighted by Crippen LogP contribution is 2.12. The van der Waals surface area contributed by atoms with Crippen LogP contribution in [0, 0.1) is 0 Å². The number of allylic oxidation sites excluding steroid dienone is 1. The Hall–Kier alpha value is 0.280. The van der Waals surface area contributed by atoms with E-state index in [2.05, 4.69) is 0 Å². The molecule has 0 unspecified atom stereocenters. The highest BCUT2D eigenvalue weighted by molar-refractivity contribution is 6.55. The van der Waals surface area contributed by atoms with Crippen LogP contribution in [0.25, 0.3) is 0 Å². The van der Waals surface area contributed by atoms with E-state index in [1.807, 2.05) is 6.08 Å². The molecule has 2 N–H and O–H groups in total. The third-order valence-electron chi connectivity index (χ3n) is 2.21. The summed E-state index contributed by atoms with van der Waals surface area (Å²) in [6, 6.07) is 0. The van der Waals surface area contributed by atoms with Crippen LogP contribution in [-0.2, 0) is 0 Å². The van der Waals surface area contributed by atoms with Crippen molar-refractivity contribution in [2.24, 2.45) is 5.73 Å². The van der Waals surface area contributed by atoms with Crippen LogP contribution in [0.1, 0.15) is 51.4 Å². The molecule has 0 saturated heterocycles. The summed E-state index contributed by atoms with van der Waals surface area (Å²) in [7, 11) is 0. The molecule has 0 aliphatic heterocycles. The molecular formula is C11H21Cl2N. The quantitative estimate of drug-likeness (QED) is 0.592. The van der Waals surface area contributed by atoms with Gasteiger partial charge in [0.25, 0.3) is 0 Å². The van der Waals surface area contributed by atoms with E-state index in [1.54, 1.807) is 0 Å². The Balaban J connectivity index is 2.96. The minimum absolute atomic E-state index is 0.396. The largest absolute Gasteiger partial charge is 0.330 e. The van der Waals surface area contributed by atoms with Crippen LogP contribution in [-0.4, -0.2) is 6.54 Å². The van der Waals surface area contributed by atoms with Gasteiger partial charge in [0.05, 0.1) is 0 Å². The monoisotopic (exact) mass is 237 g/mol. The van der Waals surface area contributed by atoms with Crippen molar-refractivity contribution in [1.29, 1.82) is 0 Å². The van der Waals surface area contributed by atoms with Crippen LogP contribution < -0.4 is 5.73 Å². The third-order valence-corrected chi connectivity index (χ3v) is 2.52. The Kier molecular flexibility index (Phi) is 11.6. The van der Waals surface area contributed by atoms with E-state index in [1.165, 1.54) is 44.9 Å². The third kappa shape index (κ3) is 12.3. The average molecular weight is 238 g/mol. The summed E-state index contributed by atoms with van der Waals surface area (Å²) in [5.74, 6) is 0. The van der Waals surface area contributed by atoms with Gasteiger partial charge in [0.1, 0.15) is 4.49 Å². The lowest BCUT2D eigenvalue weighted by Gasteiger charge is -1.99. The Morgan fingerprint density at radius 3 is 1.86 bits per heavy atom. The first kappa shape index (κ1) is 14.3. The predicted octanol–water partition coefficient (Wildman–Crippen LogP) is 4.38. The number of halogens is 2. The van der Waals surface area contributed by atoms with Crippen molar-refractivity contribution in [3.05, 3.63) is 10.6 Å². The molecule has 0 atom stereocenters. The van der Waals surface area contributed by atoms with Crippen molar-refractivity contribution in [1.82, 2.24) is 0 Å². The molecule has 0 bridgehead atoms. The molecule has 3 heteroatoms. The Labute approximate surface area is 97.6 Å². The zero-order chi connectivity index (χ0) is 10.6. The summed E-state index contributed by atoms with van der Waals surface area (Å²) in [5.41, 5.74) is 5.41. The first-order valence-electron chi connectivity index (χ1n) is 5.48. The van der Waals surface area contributed by atoms with Crippen LogP contribution in [0.15, 0.2) is 10.6 Å². The van der Waals surface area contributed by atoms with Gasteiger partial charge in [0, 0.05) is 0 Å². The van der Waals surface area contributed by atoms with Gasteiger partial charge < -0.3 is 5.73 Å². The molecule has 0 fully saturated rings. The van der Waals surface area contributed by atoms with Crippen LogP contribution in [0.2, 0.25) is 0 Å². The van der Waals surface area contributed by atoms with Crippen LogP contribution in [0.3, 0.4) is 0 Å². The SMILES string of the molecule is NCCCCCCCCCC=C(Cl)Cl. The van der Waals surface area contributed by atoms with Gasteiger partial charge in [-0.1, -0.05) is 61.4 Å². The molecule has 0 aromatic carbocycles. The van der Waals surface area contributed by atoms with Gasteiger partial charge in [-0.15, -0.1) is 0 Å². The highest BCUT2D eigenvalue weighted by atomic mass is 35.5. The van der Waals surface area contributed by atoms with Gasteiger partial charge in [-0.2, -0.15) is 0 Å². The molecule has 0 aromatic rings. The Bertz CT molecular complexity index is 142. The Morgan fingerprint density at radius 1 is 0.857 bits per heavy atom. The zero-order valence-corrected chi connectivity index (χ0v) is 10.3. The summed E-state index contributed by atoms with van der Waals surface area (Å²) in [6.45, 7) is 0.832. The molecule has 14 heavy (non-hydrogen) atoms. The highest BCUT2D eigenvalue weighted by Gasteiger charge is 1.91. The standard InChI is InChI=1S/C11H21Cl2N/c12-11(13)9-7-5-3-1-2-4-6-8-10-14/h9H,1-8,10,14H2. The first-order chi connectivity index (χ1) is 6.77. The minimum atomic E-state index is 0.396. The van der Waals surface area contributed by atoms with Crippen molar-refractivity contribution in [2.45, 2.75) is 51.4 Å². The fourth-order valence-corrected chi connectivity index (χ4v) is 1.60. The fourth-order valence-electron chi connectivity index (χ4n) is 1.38. The summed E-state index contributed by atoms with van der Waals surface area (Å²) in [6.07, 6.45) is 11.8. The topological polar surface area (TPSA) is 26.0 Å². The van der Waals surface area contributed by atoms with Crippen molar-refractivity contribution < 1.29 is 0 Å². The number of rotatable bonds is 9. The van der Waals surface area contributed by atoms with Crippen molar-refractivity contribution >= 4 is 23.2 Å². The number of nitrogens with two attached hydrogens (primary N) is 1. The van der Waals surface area contributed by atoms with E-state index in [0.717, 1.165) is 13.0 Å². The van der Waals surface area contributed by atoms with E-state index in [9.17, 15) is 0 Å². The molecule has 1 nitrogen and oxygen atoms in total. The summed E-state index contributed by atoms with van der Waals surface area (Å²) >= 11 is 11.0. The molecule has 0 aromatic heterocycles. The molecule has 0 saturated carbocycles. The maximum Gasteiger partial charge on any atom is 0.102 e. The fraction of sp³-hybridized carbons (Fsp3) is 0.818. The predicted molar refractivity (Wildman–Crippen MR) is 65.8 cm³/mol. The first-order valence-corrected chi connectivity index (χ1v) is 6.24. The molecule has 0 aliphatic rings. The van der Waals surface area contributed by atoms with Crippen LogP contribution in [0.5, 0.6) is 0 Å². The molecule has 0 aliphatic carbocycles. The molecule has 84 valence electrons. The van der Waals surface area contributed by atoms with Crippen molar-refractivity contribution in [2.75, 3.05) is 6.54 Å². The van der Waals surface area contributed by atoms with E-state index in [-0.39, 0.29) is 0 Å². The Morgan fingerprint density at radius 2 is 1.36 bits per heavy atom. The van der Waals surface area contributed by atoms with E-state index in [0.29, 0.717) is 4.49 Å². The number of hydrogen-bond donors (Lipinski definition) is 1. The van der Waals surface area contributed by atoms with Crippen LogP contribution in [0.4, 0.5) is 0 Å². The zero-order valence-electron chi connectivity index (χ0n) is 8.77. The second-order valence-corrected chi connectivity index (χ2v) is 4.55. The van der Waals surface area contributed by atoms with Crippen molar-refractivity contribution in [3.63, 3.8) is 0 Å². The molecule has 0 heterocycles. The van der Waals surface area contributed by atoms with Gasteiger partial charge in [-0.3, -0.25) is 0 Å². The second-order valence-electron chi connectivity index (χ2n) is 3.55. The lowest BCUT2D eigenvalue weighted by molar-refractivity contribution is 0.584. The van der Waals surface area contributed by atoms with Gasteiger partial charge in [0.2, 0.25) is 0 Å². The summed E-state index contributed by atoms with van der Waals surface area (Å²) < 4.78 is 0.396. The van der Waals surface area contributed by atoms with Crippen LogP contribution >= 0.6 is 23.2 Å². The lowest BCUT2D eigenvalue weighted by atomic mass is 10.1. The average Bonchev–Trinajstić information content (AvgIpc) is 2.15. The molecule has 0 radical (unpaired) electrons. The molecule has 0 amide bonds. The van der Waals surface area contributed by atoms with Crippen molar-refractivity contribution in [3.8, 4) is 0 Å².